The van der Waals surface area contributed by atoms with Crippen LogP contribution >= 0.6 is 0 Å². The molecule has 0 amide bonds. The van der Waals surface area contributed by atoms with Crippen LogP contribution in [0.3, 0.4) is 0 Å². The third-order valence-corrected chi connectivity index (χ3v) is 3.85. The molecule has 126 valence electrons. The Labute approximate surface area is 138 Å². The van der Waals surface area contributed by atoms with Gasteiger partial charge in [-0.15, -0.1) is 0 Å². The molecular weight excluding hydrogens is 292 g/mol. The van der Waals surface area contributed by atoms with Crippen LogP contribution in [0.15, 0.2) is 42.7 Å². The number of aliphatic hydroxyl groups excluding tert-OH is 1. The van der Waals surface area contributed by atoms with Crippen molar-refractivity contribution < 1.29 is 19.3 Å². The molecule has 1 aromatic carbocycles. The monoisotopic (exact) mass is 318 g/mol. The van der Waals surface area contributed by atoms with Crippen molar-refractivity contribution in [2.24, 2.45) is 0 Å². The summed E-state index contributed by atoms with van der Waals surface area (Å²) in [6, 6.07) is 5.60. The molecule has 0 fully saturated rings. The van der Waals surface area contributed by atoms with Crippen LogP contribution in [0.5, 0.6) is 11.5 Å². The van der Waals surface area contributed by atoms with Gasteiger partial charge in [-0.2, -0.15) is 0 Å². The van der Waals surface area contributed by atoms with Crippen molar-refractivity contribution >= 4 is 0 Å². The van der Waals surface area contributed by atoms with Gasteiger partial charge in [0.25, 0.3) is 0 Å². The van der Waals surface area contributed by atoms with E-state index in [1.54, 1.807) is 13.4 Å². The summed E-state index contributed by atoms with van der Waals surface area (Å²) in [6.07, 6.45) is 11.2. The van der Waals surface area contributed by atoms with Gasteiger partial charge in [-0.3, -0.25) is 0 Å². The molecule has 1 aromatic rings. The maximum absolute atomic E-state index is 10.1. The van der Waals surface area contributed by atoms with E-state index in [0.29, 0.717) is 6.42 Å². The van der Waals surface area contributed by atoms with E-state index >= 15 is 0 Å². The van der Waals surface area contributed by atoms with Crippen LogP contribution in [0.2, 0.25) is 0 Å². The maximum Gasteiger partial charge on any atom is 0.129 e. The number of methoxy groups -OCH3 is 1. The number of ether oxygens (including phenoxy) is 3. The van der Waals surface area contributed by atoms with E-state index in [0.717, 1.165) is 42.9 Å². The van der Waals surface area contributed by atoms with Crippen molar-refractivity contribution in [3.63, 3.8) is 0 Å². The second-order valence-electron chi connectivity index (χ2n) is 5.63. The van der Waals surface area contributed by atoms with E-state index in [2.05, 4.69) is 6.92 Å². The predicted octanol–water partition coefficient (Wildman–Crippen LogP) is 4.16. The lowest BCUT2D eigenvalue weighted by Gasteiger charge is -2.29. The van der Waals surface area contributed by atoms with Crippen LogP contribution < -0.4 is 9.47 Å². The van der Waals surface area contributed by atoms with Gasteiger partial charge in [-0.25, -0.2) is 0 Å². The molecule has 0 bridgehead atoms. The zero-order valence-corrected chi connectivity index (χ0v) is 13.9. The molecule has 2 heterocycles. The van der Waals surface area contributed by atoms with Crippen molar-refractivity contribution in [2.75, 3.05) is 13.7 Å². The topological polar surface area (TPSA) is 47.9 Å². The predicted molar refractivity (Wildman–Crippen MR) is 90.7 cm³/mol. The fourth-order valence-corrected chi connectivity index (χ4v) is 2.58. The Bertz CT molecular complexity index is 524. The van der Waals surface area contributed by atoms with Crippen molar-refractivity contribution in [3.8, 4) is 11.5 Å². The summed E-state index contributed by atoms with van der Waals surface area (Å²) in [6.45, 7) is 2.90. The van der Waals surface area contributed by atoms with Gasteiger partial charge in [0.1, 0.15) is 24.2 Å². The first-order valence-corrected chi connectivity index (χ1v) is 8.20. The first kappa shape index (κ1) is 17.4. The summed E-state index contributed by atoms with van der Waals surface area (Å²) in [5.74, 6) is 1.54. The third kappa shape index (κ3) is 5.32. The van der Waals surface area contributed by atoms with Gasteiger partial charge in [0.2, 0.25) is 0 Å². The Kier molecular flexibility index (Phi) is 7.01. The summed E-state index contributed by atoms with van der Waals surface area (Å²) in [5.41, 5.74) is 0.874. The highest BCUT2D eigenvalue weighted by Gasteiger charge is 2.26. The number of rotatable bonds is 4. The van der Waals surface area contributed by atoms with Crippen molar-refractivity contribution in [3.05, 3.63) is 48.3 Å². The van der Waals surface area contributed by atoms with Crippen LogP contribution in [-0.4, -0.2) is 24.9 Å². The minimum Gasteiger partial charge on any atom is -0.497 e. The van der Waals surface area contributed by atoms with Crippen molar-refractivity contribution in [1.82, 2.24) is 0 Å². The lowest BCUT2D eigenvalue weighted by molar-refractivity contribution is 0.0605. The number of allylic oxidation sites excluding steroid dienone is 2. The molecule has 4 nitrogen and oxygen atoms in total. The highest BCUT2D eigenvalue weighted by Crippen LogP contribution is 2.38. The average Bonchev–Trinajstić information content (AvgIpc) is 2.61. The SMILES string of the molecule is C1=CCOC=C1.CCCCC1CC(O)c2ccc(OC)cc2O1. The molecule has 3 rings (SSSR count). The van der Waals surface area contributed by atoms with Gasteiger partial charge in [0, 0.05) is 18.1 Å². The van der Waals surface area contributed by atoms with E-state index < -0.39 is 6.10 Å². The lowest BCUT2D eigenvalue weighted by Crippen LogP contribution is -2.25. The largest absolute Gasteiger partial charge is 0.497 e. The zero-order chi connectivity index (χ0) is 16.5. The quantitative estimate of drug-likeness (QED) is 0.905. The molecule has 2 aliphatic rings. The average molecular weight is 318 g/mol. The summed E-state index contributed by atoms with van der Waals surface area (Å²) in [4.78, 5) is 0. The van der Waals surface area contributed by atoms with E-state index in [9.17, 15) is 5.11 Å². The van der Waals surface area contributed by atoms with Crippen LogP contribution in [0.4, 0.5) is 0 Å². The van der Waals surface area contributed by atoms with Gasteiger partial charge in [0.15, 0.2) is 0 Å². The molecule has 0 aliphatic carbocycles. The number of hydrogen-bond acceptors (Lipinski definition) is 4. The Balaban J connectivity index is 0.000000268. The molecule has 2 unspecified atom stereocenters. The van der Waals surface area contributed by atoms with Gasteiger partial charge in [-0.05, 0) is 30.7 Å². The highest BCUT2D eigenvalue weighted by molar-refractivity contribution is 5.43. The van der Waals surface area contributed by atoms with Gasteiger partial charge < -0.3 is 19.3 Å². The molecule has 1 N–H and O–H groups in total. The van der Waals surface area contributed by atoms with Crippen LogP contribution in [0, 0.1) is 0 Å². The van der Waals surface area contributed by atoms with E-state index in [4.69, 9.17) is 14.2 Å². The van der Waals surface area contributed by atoms with Crippen LogP contribution in [0.1, 0.15) is 44.3 Å². The highest BCUT2D eigenvalue weighted by atomic mass is 16.5. The van der Waals surface area contributed by atoms with E-state index in [1.165, 1.54) is 0 Å². The van der Waals surface area contributed by atoms with E-state index in [1.807, 2.05) is 36.4 Å². The molecule has 0 spiro atoms. The zero-order valence-electron chi connectivity index (χ0n) is 13.9. The van der Waals surface area contributed by atoms with E-state index in [-0.39, 0.29) is 6.10 Å². The molecule has 2 aliphatic heterocycles. The number of aliphatic hydroxyl groups is 1. The summed E-state index contributed by atoms with van der Waals surface area (Å²) < 4.78 is 15.9. The molecule has 23 heavy (non-hydrogen) atoms. The molecule has 0 saturated carbocycles. The summed E-state index contributed by atoms with van der Waals surface area (Å²) in [7, 11) is 1.63. The number of benzene rings is 1. The minimum absolute atomic E-state index is 0.129. The lowest BCUT2D eigenvalue weighted by atomic mass is 9.96. The fraction of sp³-hybridized carbons (Fsp3) is 0.474. The van der Waals surface area contributed by atoms with Gasteiger partial charge in [0.05, 0.1) is 19.5 Å². The molecule has 0 saturated heterocycles. The molecular formula is C19H26O4. The standard InChI is InChI=1S/C14H20O3.C5H6O/c1-3-4-5-11-8-13(15)12-7-6-10(16-2)9-14(12)17-11;1-2-4-6-5-3-1/h6-7,9,11,13,15H,3-5,8H2,1-2H3;1-4H,5H2. The van der Waals surface area contributed by atoms with Gasteiger partial charge in [-0.1, -0.05) is 25.8 Å². The first-order valence-electron chi connectivity index (χ1n) is 8.20. The number of unbranched alkanes of at least 4 members (excludes halogenated alkanes) is 1. The van der Waals surface area contributed by atoms with Crippen LogP contribution in [0.25, 0.3) is 0 Å². The fourth-order valence-electron chi connectivity index (χ4n) is 2.58. The summed E-state index contributed by atoms with van der Waals surface area (Å²) >= 11 is 0. The summed E-state index contributed by atoms with van der Waals surface area (Å²) in [5, 5.41) is 10.1. The Morgan fingerprint density at radius 1 is 1.30 bits per heavy atom. The Morgan fingerprint density at radius 2 is 2.17 bits per heavy atom. The number of fused-ring (bicyclic) bond motifs is 1. The number of hydrogen-bond donors (Lipinski definition) is 1. The minimum atomic E-state index is -0.411. The smallest absolute Gasteiger partial charge is 0.129 e. The Morgan fingerprint density at radius 3 is 2.74 bits per heavy atom. The maximum atomic E-state index is 10.1. The molecule has 4 heteroatoms. The second-order valence-corrected chi connectivity index (χ2v) is 5.63. The second kappa shape index (κ2) is 9.26. The Hall–Kier alpha value is -1.94. The normalized spacial score (nSPS) is 21.3. The van der Waals surface area contributed by atoms with Crippen LogP contribution in [-0.2, 0) is 4.74 Å². The molecule has 0 aromatic heterocycles. The van der Waals surface area contributed by atoms with Crippen molar-refractivity contribution in [1.29, 1.82) is 0 Å². The van der Waals surface area contributed by atoms with Crippen molar-refractivity contribution in [2.45, 2.75) is 44.8 Å². The molecule has 2 atom stereocenters. The van der Waals surface area contributed by atoms with Gasteiger partial charge >= 0.3 is 0 Å². The first-order chi connectivity index (χ1) is 11.2. The molecule has 0 radical (unpaired) electrons. The third-order valence-electron chi connectivity index (χ3n) is 3.85.